The molecule has 7 heteroatoms. The molecule has 0 spiro atoms. The monoisotopic (exact) mass is 346 g/mol. The highest BCUT2D eigenvalue weighted by atomic mass is 16.5. The smallest absolute Gasteiger partial charge is 0.328 e. The van der Waals surface area contributed by atoms with Crippen LogP contribution in [-0.4, -0.2) is 60.1 Å². The van der Waals surface area contributed by atoms with Crippen molar-refractivity contribution >= 4 is 23.5 Å². The number of benzene rings is 1. The van der Waals surface area contributed by atoms with Crippen LogP contribution in [0.15, 0.2) is 18.2 Å². The Morgan fingerprint density at radius 1 is 1.20 bits per heavy atom. The van der Waals surface area contributed by atoms with E-state index in [1.165, 1.54) is 4.90 Å². The van der Waals surface area contributed by atoms with Gasteiger partial charge in [-0.1, -0.05) is 6.07 Å². The molecule has 1 aromatic rings. The van der Waals surface area contributed by atoms with Crippen molar-refractivity contribution in [3.05, 3.63) is 29.3 Å². The zero-order valence-electron chi connectivity index (χ0n) is 14.4. The van der Waals surface area contributed by atoms with E-state index in [1.54, 1.807) is 4.90 Å². The predicted molar refractivity (Wildman–Crippen MR) is 90.3 cm³/mol. The lowest BCUT2D eigenvalue weighted by Crippen LogP contribution is -2.55. The van der Waals surface area contributed by atoms with Crippen molar-refractivity contribution in [1.82, 2.24) is 4.90 Å². The fourth-order valence-electron chi connectivity index (χ4n) is 3.33. The number of aryl methyl sites for hydroxylation is 2. The van der Waals surface area contributed by atoms with Crippen molar-refractivity contribution in [3.8, 4) is 0 Å². The first kappa shape index (κ1) is 17.4. The second-order valence-electron chi connectivity index (χ2n) is 6.56. The second-order valence-corrected chi connectivity index (χ2v) is 6.56. The van der Waals surface area contributed by atoms with Gasteiger partial charge in [0.1, 0.15) is 5.92 Å². The zero-order chi connectivity index (χ0) is 18.1. The number of hydrogen-bond donors (Lipinski definition) is 1. The molecule has 0 radical (unpaired) electrons. The molecule has 2 atom stereocenters. The van der Waals surface area contributed by atoms with Crippen molar-refractivity contribution in [2.45, 2.75) is 26.3 Å². The quantitative estimate of drug-likeness (QED) is 0.824. The Balaban J connectivity index is 1.77. The van der Waals surface area contributed by atoms with E-state index in [1.807, 2.05) is 32.0 Å². The normalized spacial score (nSPS) is 23.8. The molecule has 0 saturated carbocycles. The van der Waals surface area contributed by atoms with E-state index in [-0.39, 0.29) is 25.7 Å². The van der Waals surface area contributed by atoms with Gasteiger partial charge in [0.05, 0.1) is 13.2 Å². The number of carbonyl (C=O) groups is 3. The standard InChI is InChI=1S/C18H22N2O5/c1-11-3-4-13(9-12(11)2)19-6-5-14(16(19)21)17(22)20-7-8-25-10-15(20)18(23)24/h3-4,9,14-15H,5-8,10H2,1-2H3,(H,23,24)/t14-,15+/m1/s1. The second kappa shape index (κ2) is 6.84. The average Bonchev–Trinajstić information content (AvgIpc) is 2.98. The van der Waals surface area contributed by atoms with Gasteiger partial charge in [-0.05, 0) is 43.5 Å². The molecule has 2 aliphatic heterocycles. The van der Waals surface area contributed by atoms with Gasteiger partial charge in [0.2, 0.25) is 11.8 Å². The van der Waals surface area contributed by atoms with Crippen molar-refractivity contribution in [1.29, 1.82) is 0 Å². The van der Waals surface area contributed by atoms with Crippen LogP contribution in [0.1, 0.15) is 17.5 Å². The highest BCUT2D eigenvalue weighted by Crippen LogP contribution is 2.28. The van der Waals surface area contributed by atoms with Gasteiger partial charge in [0, 0.05) is 18.8 Å². The summed E-state index contributed by atoms with van der Waals surface area (Å²) in [6.45, 7) is 4.89. The van der Waals surface area contributed by atoms with Gasteiger partial charge >= 0.3 is 5.97 Å². The van der Waals surface area contributed by atoms with Gasteiger partial charge in [-0.15, -0.1) is 0 Å². The molecule has 134 valence electrons. The van der Waals surface area contributed by atoms with Crippen LogP contribution < -0.4 is 4.90 Å². The number of rotatable bonds is 3. The summed E-state index contributed by atoms with van der Waals surface area (Å²) in [5.74, 6) is -2.60. The molecular formula is C18H22N2O5. The number of amides is 2. The van der Waals surface area contributed by atoms with Crippen LogP contribution in [0.25, 0.3) is 0 Å². The van der Waals surface area contributed by atoms with E-state index >= 15 is 0 Å². The van der Waals surface area contributed by atoms with Crippen molar-refractivity contribution in [2.75, 3.05) is 31.2 Å². The number of hydrogen-bond acceptors (Lipinski definition) is 4. The molecule has 0 aliphatic carbocycles. The third-order valence-corrected chi connectivity index (χ3v) is 5.00. The number of ether oxygens (including phenoxy) is 1. The summed E-state index contributed by atoms with van der Waals surface area (Å²) >= 11 is 0. The largest absolute Gasteiger partial charge is 0.480 e. The molecule has 0 unspecified atom stereocenters. The molecule has 2 amide bonds. The molecule has 2 aliphatic rings. The number of anilines is 1. The van der Waals surface area contributed by atoms with E-state index in [0.29, 0.717) is 13.0 Å². The van der Waals surface area contributed by atoms with Crippen LogP contribution >= 0.6 is 0 Å². The van der Waals surface area contributed by atoms with E-state index < -0.39 is 23.8 Å². The molecular weight excluding hydrogens is 324 g/mol. The highest BCUT2D eigenvalue weighted by molar-refractivity contribution is 6.10. The van der Waals surface area contributed by atoms with E-state index in [0.717, 1.165) is 16.8 Å². The first-order chi connectivity index (χ1) is 11.9. The summed E-state index contributed by atoms with van der Waals surface area (Å²) in [4.78, 5) is 39.8. The Hall–Kier alpha value is -2.41. The number of carboxylic acids is 1. The van der Waals surface area contributed by atoms with Crippen LogP contribution in [0.4, 0.5) is 5.69 Å². The van der Waals surface area contributed by atoms with Crippen molar-refractivity contribution in [3.63, 3.8) is 0 Å². The fourth-order valence-corrected chi connectivity index (χ4v) is 3.33. The van der Waals surface area contributed by atoms with Gasteiger partial charge in [0.25, 0.3) is 0 Å². The molecule has 7 nitrogen and oxygen atoms in total. The first-order valence-corrected chi connectivity index (χ1v) is 8.40. The Morgan fingerprint density at radius 3 is 2.64 bits per heavy atom. The maximum atomic E-state index is 12.8. The molecule has 2 saturated heterocycles. The van der Waals surface area contributed by atoms with Crippen molar-refractivity contribution in [2.24, 2.45) is 5.92 Å². The van der Waals surface area contributed by atoms with Crippen LogP contribution in [0.5, 0.6) is 0 Å². The maximum absolute atomic E-state index is 12.8. The third kappa shape index (κ3) is 3.24. The summed E-state index contributed by atoms with van der Waals surface area (Å²) in [7, 11) is 0. The Kier molecular flexibility index (Phi) is 4.76. The molecule has 0 bridgehead atoms. The molecule has 2 heterocycles. The Bertz CT molecular complexity index is 717. The van der Waals surface area contributed by atoms with Gasteiger partial charge in [-0.2, -0.15) is 0 Å². The van der Waals surface area contributed by atoms with Crippen molar-refractivity contribution < 1.29 is 24.2 Å². The fraction of sp³-hybridized carbons (Fsp3) is 0.500. The van der Waals surface area contributed by atoms with Gasteiger partial charge in [0.15, 0.2) is 6.04 Å². The van der Waals surface area contributed by atoms with Crippen LogP contribution in [0.3, 0.4) is 0 Å². The lowest BCUT2D eigenvalue weighted by Gasteiger charge is -2.34. The van der Waals surface area contributed by atoms with Crippen LogP contribution in [-0.2, 0) is 19.1 Å². The summed E-state index contributed by atoms with van der Waals surface area (Å²) < 4.78 is 5.16. The number of carbonyl (C=O) groups excluding carboxylic acids is 2. The lowest BCUT2D eigenvalue weighted by atomic mass is 10.0. The van der Waals surface area contributed by atoms with E-state index in [9.17, 15) is 19.5 Å². The number of morpholine rings is 1. The topological polar surface area (TPSA) is 87.2 Å². The summed E-state index contributed by atoms with van der Waals surface area (Å²) in [6, 6.07) is 4.75. The molecule has 1 aromatic carbocycles. The van der Waals surface area contributed by atoms with E-state index in [2.05, 4.69) is 0 Å². The predicted octanol–water partition coefficient (Wildman–Crippen LogP) is 0.968. The highest BCUT2D eigenvalue weighted by Gasteiger charge is 2.43. The summed E-state index contributed by atoms with van der Waals surface area (Å²) in [5, 5.41) is 9.28. The van der Waals surface area contributed by atoms with Crippen LogP contribution in [0, 0.1) is 19.8 Å². The summed E-state index contributed by atoms with van der Waals surface area (Å²) in [6.07, 6.45) is 0.397. The minimum atomic E-state index is -1.11. The number of nitrogens with zero attached hydrogens (tertiary/aromatic N) is 2. The van der Waals surface area contributed by atoms with Gasteiger partial charge in [-0.25, -0.2) is 4.79 Å². The molecule has 1 N–H and O–H groups in total. The summed E-state index contributed by atoms with van der Waals surface area (Å²) in [5.41, 5.74) is 3.00. The third-order valence-electron chi connectivity index (χ3n) is 5.00. The van der Waals surface area contributed by atoms with E-state index in [4.69, 9.17) is 4.74 Å². The molecule has 2 fully saturated rings. The minimum absolute atomic E-state index is 0.0388. The minimum Gasteiger partial charge on any atom is -0.480 e. The number of aliphatic carboxylic acids is 1. The zero-order valence-corrected chi connectivity index (χ0v) is 14.4. The van der Waals surface area contributed by atoms with Gasteiger partial charge < -0.3 is 19.6 Å². The van der Waals surface area contributed by atoms with Crippen LogP contribution in [0.2, 0.25) is 0 Å². The molecule has 25 heavy (non-hydrogen) atoms. The lowest BCUT2D eigenvalue weighted by molar-refractivity contribution is -0.161. The van der Waals surface area contributed by atoms with Gasteiger partial charge in [-0.3, -0.25) is 9.59 Å². The molecule has 0 aromatic heterocycles. The SMILES string of the molecule is Cc1ccc(N2CC[C@@H](C(=O)N3CCOC[C@H]3C(=O)O)C2=O)cc1C. The first-order valence-electron chi connectivity index (χ1n) is 8.40. The number of carboxylic acid groups (broad SMARTS) is 1. The molecule has 3 rings (SSSR count). The average molecular weight is 346 g/mol. The Labute approximate surface area is 146 Å². The maximum Gasteiger partial charge on any atom is 0.328 e. The Morgan fingerprint density at radius 2 is 1.96 bits per heavy atom.